The molecule has 4 heteroatoms. The summed E-state index contributed by atoms with van der Waals surface area (Å²) in [5.41, 5.74) is 5.47. The predicted octanol–water partition coefficient (Wildman–Crippen LogP) is 5.56. The van der Waals surface area contributed by atoms with Gasteiger partial charge in [-0.2, -0.15) is 0 Å². The summed E-state index contributed by atoms with van der Waals surface area (Å²) in [5.74, 6) is -0.0264. The molecule has 0 spiro atoms. The molecule has 0 radical (unpaired) electrons. The van der Waals surface area contributed by atoms with Crippen molar-refractivity contribution in [3.63, 3.8) is 0 Å². The van der Waals surface area contributed by atoms with E-state index in [-0.39, 0.29) is 5.78 Å². The molecule has 134 valence electrons. The van der Waals surface area contributed by atoms with Gasteiger partial charge in [0, 0.05) is 42.1 Å². The normalized spacial score (nSPS) is 10.9. The van der Waals surface area contributed by atoms with Gasteiger partial charge in [-0.1, -0.05) is 41.9 Å². The van der Waals surface area contributed by atoms with E-state index in [0.29, 0.717) is 16.3 Å². The molecule has 4 aromatic rings. The van der Waals surface area contributed by atoms with Crippen molar-refractivity contribution in [1.82, 2.24) is 4.40 Å². The van der Waals surface area contributed by atoms with Gasteiger partial charge in [0.05, 0.1) is 11.2 Å². The summed E-state index contributed by atoms with van der Waals surface area (Å²) in [6.07, 6.45) is 1.96. The van der Waals surface area contributed by atoms with Gasteiger partial charge in [0.2, 0.25) is 5.78 Å². The van der Waals surface area contributed by atoms with Gasteiger partial charge >= 0.3 is 0 Å². The van der Waals surface area contributed by atoms with Crippen molar-refractivity contribution >= 4 is 28.6 Å². The van der Waals surface area contributed by atoms with Crippen LogP contribution in [-0.2, 0) is 0 Å². The molecule has 0 amide bonds. The Labute approximate surface area is 163 Å². The first-order chi connectivity index (χ1) is 13.0. The first kappa shape index (κ1) is 17.4. The van der Waals surface area contributed by atoms with Crippen LogP contribution in [0.4, 0.5) is 5.69 Å². The number of nitrogens with zero attached hydrogens (tertiary/aromatic N) is 2. The highest BCUT2D eigenvalue weighted by Gasteiger charge is 2.18. The Hall–Kier alpha value is -3.04. The zero-order valence-electron chi connectivity index (χ0n) is 15.2. The second-order valence-electron chi connectivity index (χ2n) is 6.68. The molecule has 0 aliphatic carbocycles. The first-order valence-corrected chi connectivity index (χ1v) is 9.10. The van der Waals surface area contributed by atoms with Gasteiger partial charge in [0.1, 0.15) is 0 Å². The van der Waals surface area contributed by atoms with Gasteiger partial charge in [-0.05, 0) is 48.0 Å². The predicted molar refractivity (Wildman–Crippen MR) is 112 cm³/mol. The standard InChI is InChI=1S/C23H19ClN2O/c1-25(2)19-12-13-26-21(14-19)20(16-6-4-3-5-7-16)15-22(26)23(27)17-8-10-18(24)11-9-17/h3-15H,1-2H3. The van der Waals surface area contributed by atoms with Crippen molar-refractivity contribution in [2.75, 3.05) is 19.0 Å². The van der Waals surface area contributed by atoms with Crippen LogP contribution in [0.25, 0.3) is 16.6 Å². The fourth-order valence-electron chi connectivity index (χ4n) is 3.24. The zero-order chi connectivity index (χ0) is 19.0. The van der Waals surface area contributed by atoms with Crippen molar-refractivity contribution in [2.24, 2.45) is 0 Å². The number of ketones is 1. The molecule has 0 fully saturated rings. The molecular formula is C23H19ClN2O. The lowest BCUT2D eigenvalue weighted by molar-refractivity contribution is 0.103. The van der Waals surface area contributed by atoms with E-state index in [9.17, 15) is 4.79 Å². The molecule has 2 heterocycles. The Morgan fingerprint density at radius 2 is 1.63 bits per heavy atom. The van der Waals surface area contributed by atoms with Crippen molar-refractivity contribution < 1.29 is 4.79 Å². The molecule has 2 aromatic carbocycles. The third-order valence-electron chi connectivity index (χ3n) is 4.70. The van der Waals surface area contributed by atoms with E-state index in [4.69, 9.17) is 11.6 Å². The number of pyridine rings is 1. The van der Waals surface area contributed by atoms with Crippen LogP contribution in [0.1, 0.15) is 16.1 Å². The summed E-state index contributed by atoms with van der Waals surface area (Å²) in [4.78, 5) is 15.2. The maximum Gasteiger partial charge on any atom is 0.209 e. The largest absolute Gasteiger partial charge is 0.378 e. The van der Waals surface area contributed by atoms with Crippen LogP contribution in [0, 0.1) is 0 Å². The minimum atomic E-state index is -0.0264. The molecule has 2 aromatic heterocycles. The van der Waals surface area contributed by atoms with Crippen LogP contribution < -0.4 is 4.90 Å². The van der Waals surface area contributed by atoms with Crippen LogP contribution in [0.3, 0.4) is 0 Å². The zero-order valence-corrected chi connectivity index (χ0v) is 15.9. The monoisotopic (exact) mass is 374 g/mol. The highest BCUT2D eigenvalue weighted by molar-refractivity contribution is 6.30. The molecule has 0 N–H and O–H groups in total. The summed E-state index contributed by atoms with van der Waals surface area (Å²) in [7, 11) is 4.02. The molecular weight excluding hydrogens is 356 g/mol. The van der Waals surface area contributed by atoms with E-state index in [0.717, 1.165) is 22.3 Å². The molecule has 0 bridgehead atoms. The van der Waals surface area contributed by atoms with Crippen LogP contribution >= 0.6 is 11.6 Å². The number of fused-ring (bicyclic) bond motifs is 1. The SMILES string of the molecule is CN(C)c1ccn2c(C(=O)c3ccc(Cl)cc3)cc(-c3ccccc3)c2c1. The molecule has 0 aliphatic rings. The second kappa shape index (κ2) is 6.93. The van der Waals surface area contributed by atoms with Crippen LogP contribution in [0.5, 0.6) is 0 Å². The Balaban J connectivity index is 1.93. The molecule has 3 nitrogen and oxygen atoms in total. The van der Waals surface area contributed by atoms with Gasteiger partial charge in [0.15, 0.2) is 0 Å². The van der Waals surface area contributed by atoms with Gasteiger partial charge in [0.25, 0.3) is 0 Å². The molecule has 0 unspecified atom stereocenters. The number of aromatic nitrogens is 1. The summed E-state index contributed by atoms with van der Waals surface area (Å²) in [6, 6.07) is 23.3. The smallest absolute Gasteiger partial charge is 0.209 e. The van der Waals surface area contributed by atoms with Crippen LogP contribution in [-0.4, -0.2) is 24.3 Å². The fourth-order valence-corrected chi connectivity index (χ4v) is 3.36. The van der Waals surface area contributed by atoms with Crippen molar-refractivity contribution in [3.05, 3.63) is 95.3 Å². The van der Waals surface area contributed by atoms with E-state index >= 15 is 0 Å². The Morgan fingerprint density at radius 1 is 0.926 bits per heavy atom. The van der Waals surface area contributed by atoms with Gasteiger partial charge in [-0.15, -0.1) is 0 Å². The quantitative estimate of drug-likeness (QED) is 0.437. The average molecular weight is 375 g/mol. The summed E-state index contributed by atoms with van der Waals surface area (Å²) in [5, 5.41) is 0.618. The number of anilines is 1. The van der Waals surface area contributed by atoms with E-state index in [1.807, 2.05) is 55.0 Å². The van der Waals surface area contributed by atoms with Crippen molar-refractivity contribution in [1.29, 1.82) is 0 Å². The van der Waals surface area contributed by atoms with E-state index in [2.05, 4.69) is 23.1 Å². The summed E-state index contributed by atoms with van der Waals surface area (Å²) >= 11 is 5.97. The third-order valence-corrected chi connectivity index (χ3v) is 4.95. The molecule has 0 aliphatic heterocycles. The lowest BCUT2D eigenvalue weighted by atomic mass is 10.0. The Kier molecular flexibility index (Phi) is 4.46. The number of hydrogen-bond donors (Lipinski definition) is 0. The highest BCUT2D eigenvalue weighted by atomic mass is 35.5. The highest BCUT2D eigenvalue weighted by Crippen LogP contribution is 2.31. The minimum absolute atomic E-state index is 0.0264. The Morgan fingerprint density at radius 3 is 2.30 bits per heavy atom. The van der Waals surface area contributed by atoms with Crippen LogP contribution in [0.2, 0.25) is 5.02 Å². The van der Waals surface area contributed by atoms with E-state index < -0.39 is 0 Å². The topological polar surface area (TPSA) is 24.7 Å². The molecule has 0 saturated carbocycles. The van der Waals surface area contributed by atoms with Crippen LogP contribution in [0.15, 0.2) is 79.0 Å². The summed E-state index contributed by atoms with van der Waals surface area (Å²) in [6.45, 7) is 0. The maximum absolute atomic E-state index is 13.2. The lowest BCUT2D eigenvalue weighted by Crippen LogP contribution is -2.09. The number of rotatable bonds is 4. The number of halogens is 1. The second-order valence-corrected chi connectivity index (χ2v) is 7.12. The van der Waals surface area contributed by atoms with E-state index in [1.165, 1.54) is 0 Å². The fraction of sp³-hybridized carbons (Fsp3) is 0.0870. The molecule has 0 atom stereocenters. The maximum atomic E-state index is 13.2. The lowest BCUT2D eigenvalue weighted by Gasteiger charge is -2.13. The molecule has 4 rings (SSSR count). The minimum Gasteiger partial charge on any atom is -0.378 e. The first-order valence-electron chi connectivity index (χ1n) is 8.73. The number of hydrogen-bond acceptors (Lipinski definition) is 2. The summed E-state index contributed by atoms with van der Waals surface area (Å²) < 4.78 is 1.96. The molecule has 27 heavy (non-hydrogen) atoms. The number of carbonyl (C=O) groups is 1. The Bertz CT molecular complexity index is 1110. The average Bonchev–Trinajstić information content (AvgIpc) is 3.07. The third kappa shape index (κ3) is 3.22. The van der Waals surface area contributed by atoms with Gasteiger partial charge in [-0.25, -0.2) is 0 Å². The van der Waals surface area contributed by atoms with Crippen molar-refractivity contribution in [2.45, 2.75) is 0 Å². The van der Waals surface area contributed by atoms with Crippen molar-refractivity contribution in [3.8, 4) is 11.1 Å². The van der Waals surface area contributed by atoms with Gasteiger partial charge in [-0.3, -0.25) is 4.79 Å². The number of carbonyl (C=O) groups excluding carboxylic acids is 1. The van der Waals surface area contributed by atoms with E-state index in [1.54, 1.807) is 24.3 Å². The van der Waals surface area contributed by atoms with Gasteiger partial charge < -0.3 is 9.30 Å². The number of benzene rings is 2. The molecule has 0 saturated heterocycles.